The highest BCUT2D eigenvalue weighted by Gasteiger charge is 2.37. The largest absolute Gasteiger partial charge is 0.227 e. The molecule has 2 aliphatic rings. The maximum Gasteiger partial charge on any atom is 0.160 e. The normalized spacial score (nSPS) is 14.5. The van der Waals surface area contributed by atoms with Crippen LogP contribution in [-0.2, 0) is 10.8 Å². The second-order valence-corrected chi connectivity index (χ2v) is 15.4. The zero-order valence-electron chi connectivity index (χ0n) is 29.9. The maximum atomic E-state index is 5.41. The molecule has 2 nitrogen and oxygen atoms in total. The van der Waals surface area contributed by atoms with Crippen molar-refractivity contribution in [1.82, 2.24) is 9.97 Å². The molecule has 0 bridgehead atoms. The molecule has 0 spiro atoms. The maximum absolute atomic E-state index is 5.41. The Balaban J connectivity index is 1.21. The van der Waals surface area contributed by atoms with Crippen molar-refractivity contribution in [1.29, 1.82) is 0 Å². The first-order valence-electron chi connectivity index (χ1n) is 18.3. The van der Waals surface area contributed by atoms with E-state index in [4.69, 9.17) is 9.97 Å². The molecule has 0 unspecified atom stereocenters. The molecule has 8 aromatic rings. The SMILES string of the molecule is CC1(C)c2ccccc2-c2ccc(-c3cc4cc(-c5ccc6c(c5)C(C)(C)c5ccccc5-6)c(-c5ccccc5)nc4nc3-c3ccccc3)cc21. The van der Waals surface area contributed by atoms with Crippen LogP contribution in [0.25, 0.3) is 78.1 Å². The third-order valence-electron chi connectivity index (χ3n) is 11.7. The fourth-order valence-corrected chi connectivity index (χ4v) is 8.92. The van der Waals surface area contributed by atoms with Gasteiger partial charge >= 0.3 is 0 Å². The van der Waals surface area contributed by atoms with Crippen LogP contribution in [0.4, 0.5) is 0 Å². The molecular weight excluding hydrogens is 629 g/mol. The minimum atomic E-state index is -0.0978. The van der Waals surface area contributed by atoms with Gasteiger partial charge in [0.2, 0.25) is 0 Å². The molecule has 10 rings (SSSR count). The lowest BCUT2D eigenvalue weighted by atomic mass is 9.81. The van der Waals surface area contributed by atoms with Crippen LogP contribution in [0.1, 0.15) is 49.9 Å². The molecule has 0 aliphatic heterocycles. The molecule has 2 heterocycles. The number of nitrogens with zero attached hydrogens (tertiary/aromatic N) is 2. The molecule has 52 heavy (non-hydrogen) atoms. The minimum absolute atomic E-state index is 0.0978. The Bertz CT molecular complexity index is 2530. The summed E-state index contributed by atoms with van der Waals surface area (Å²) in [7, 11) is 0. The van der Waals surface area contributed by atoms with Gasteiger partial charge in [-0.05, 0) is 79.9 Å². The summed E-state index contributed by atoms with van der Waals surface area (Å²) in [6.45, 7) is 9.37. The molecule has 0 atom stereocenters. The molecule has 6 aromatic carbocycles. The molecule has 0 saturated carbocycles. The molecule has 2 aliphatic carbocycles. The van der Waals surface area contributed by atoms with Crippen LogP contribution in [0.15, 0.2) is 158 Å². The van der Waals surface area contributed by atoms with Crippen LogP contribution >= 0.6 is 0 Å². The van der Waals surface area contributed by atoms with E-state index in [-0.39, 0.29) is 10.8 Å². The van der Waals surface area contributed by atoms with Gasteiger partial charge in [-0.1, -0.05) is 161 Å². The third kappa shape index (κ3) is 4.50. The lowest BCUT2D eigenvalue weighted by molar-refractivity contribution is 0.660. The first-order chi connectivity index (χ1) is 25.3. The molecule has 0 N–H and O–H groups in total. The van der Waals surface area contributed by atoms with E-state index in [9.17, 15) is 0 Å². The third-order valence-corrected chi connectivity index (χ3v) is 11.7. The van der Waals surface area contributed by atoms with Gasteiger partial charge in [-0.3, -0.25) is 0 Å². The molecule has 248 valence electrons. The Morgan fingerprint density at radius 2 is 0.712 bits per heavy atom. The Morgan fingerprint density at radius 1 is 0.327 bits per heavy atom. The van der Waals surface area contributed by atoms with Crippen LogP contribution in [0.5, 0.6) is 0 Å². The Kier molecular flexibility index (Phi) is 6.60. The Morgan fingerprint density at radius 3 is 1.15 bits per heavy atom. The molecule has 0 radical (unpaired) electrons. The minimum Gasteiger partial charge on any atom is -0.227 e. The van der Waals surface area contributed by atoms with Crippen molar-refractivity contribution in [2.75, 3.05) is 0 Å². The van der Waals surface area contributed by atoms with Crippen LogP contribution in [0.3, 0.4) is 0 Å². The van der Waals surface area contributed by atoms with Crippen LogP contribution in [0, 0.1) is 0 Å². The molecule has 0 fully saturated rings. The smallest absolute Gasteiger partial charge is 0.160 e. The van der Waals surface area contributed by atoms with E-state index in [1.807, 2.05) is 0 Å². The Hall–Kier alpha value is -6.12. The monoisotopic (exact) mass is 666 g/mol. The van der Waals surface area contributed by atoms with E-state index in [2.05, 4.69) is 185 Å². The summed E-state index contributed by atoms with van der Waals surface area (Å²) < 4.78 is 0. The van der Waals surface area contributed by atoms with Gasteiger partial charge < -0.3 is 0 Å². The zero-order valence-corrected chi connectivity index (χ0v) is 29.9. The predicted molar refractivity (Wildman–Crippen MR) is 216 cm³/mol. The molecule has 2 heteroatoms. The number of benzene rings is 6. The van der Waals surface area contributed by atoms with Crippen molar-refractivity contribution in [3.05, 3.63) is 180 Å². The van der Waals surface area contributed by atoms with Crippen molar-refractivity contribution in [2.24, 2.45) is 0 Å². The van der Waals surface area contributed by atoms with E-state index in [0.29, 0.717) is 0 Å². The standard InChI is InChI=1S/C50H38N2/c1-49(2)42-21-13-11-19-36(42)38-25-23-33(29-44(38)49)40-27-35-28-41(34-24-26-39-37-20-12-14-22-43(37)50(3,4)45(39)30-34)47(32-17-9-6-10-18-32)52-48(35)51-46(40)31-15-7-5-8-16-31/h5-30H,1-4H3. The van der Waals surface area contributed by atoms with Gasteiger partial charge in [0.25, 0.3) is 0 Å². The first-order valence-corrected chi connectivity index (χ1v) is 18.3. The molecule has 0 saturated heterocycles. The highest BCUT2D eigenvalue weighted by atomic mass is 14.9. The van der Waals surface area contributed by atoms with E-state index < -0.39 is 0 Å². The lowest BCUT2D eigenvalue weighted by Gasteiger charge is -2.23. The fraction of sp³-hybridized carbons (Fsp3) is 0.120. The summed E-state index contributed by atoms with van der Waals surface area (Å²) >= 11 is 0. The van der Waals surface area contributed by atoms with E-state index in [0.717, 1.165) is 44.7 Å². The number of rotatable bonds is 4. The van der Waals surface area contributed by atoms with Crippen LogP contribution < -0.4 is 0 Å². The summed E-state index contributed by atoms with van der Waals surface area (Å²) in [5, 5.41) is 1.02. The van der Waals surface area contributed by atoms with Gasteiger partial charge in [0.1, 0.15) is 0 Å². The van der Waals surface area contributed by atoms with Gasteiger partial charge in [0.15, 0.2) is 5.65 Å². The number of hydrogen-bond donors (Lipinski definition) is 0. The van der Waals surface area contributed by atoms with Crippen molar-refractivity contribution >= 4 is 11.0 Å². The molecule has 0 amide bonds. The summed E-state index contributed by atoms with van der Waals surface area (Å²) in [5.74, 6) is 0. The highest BCUT2D eigenvalue weighted by molar-refractivity contribution is 5.97. The lowest BCUT2D eigenvalue weighted by Crippen LogP contribution is -2.15. The van der Waals surface area contributed by atoms with Crippen LogP contribution in [-0.4, -0.2) is 9.97 Å². The highest BCUT2D eigenvalue weighted by Crippen LogP contribution is 2.52. The van der Waals surface area contributed by atoms with Gasteiger partial charge in [0, 0.05) is 38.5 Å². The van der Waals surface area contributed by atoms with Gasteiger partial charge in [0.05, 0.1) is 11.4 Å². The van der Waals surface area contributed by atoms with E-state index in [1.165, 1.54) is 55.6 Å². The summed E-state index contributed by atoms with van der Waals surface area (Å²) in [6.07, 6.45) is 0. The fourth-order valence-electron chi connectivity index (χ4n) is 8.92. The average Bonchev–Trinajstić information content (AvgIpc) is 3.56. The zero-order chi connectivity index (χ0) is 35.2. The summed E-state index contributed by atoms with van der Waals surface area (Å²) in [6, 6.07) is 57.4. The number of aromatic nitrogens is 2. The second-order valence-electron chi connectivity index (χ2n) is 15.4. The van der Waals surface area contributed by atoms with Gasteiger partial charge in [-0.2, -0.15) is 0 Å². The van der Waals surface area contributed by atoms with E-state index in [1.54, 1.807) is 0 Å². The summed E-state index contributed by atoms with van der Waals surface area (Å²) in [4.78, 5) is 10.8. The summed E-state index contributed by atoms with van der Waals surface area (Å²) in [5.41, 5.74) is 19.9. The van der Waals surface area contributed by atoms with Crippen LogP contribution in [0.2, 0.25) is 0 Å². The second kappa shape index (κ2) is 11.2. The van der Waals surface area contributed by atoms with Crippen molar-refractivity contribution in [2.45, 2.75) is 38.5 Å². The number of pyridine rings is 2. The first kappa shape index (κ1) is 30.7. The number of fused-ring (bicyclic) bond motifs is 7. The van der Waals surface area contributed by atoms with Gasteiger partial charge in [-0.25, -0.2) is 9.97 Å². The molecular formula is C50H38N2. The van der Waals surface area contributed by atoms with Crippen molar-refractivity contribution < 1.29 is 0 Å². The topological polar surface area (TPSA) is 25.8 Å². The van der Waals surface area contributed by atoms with Gasteiger partial charge in [-0.15, -0.1) is 0 Å². The molecule has 2 aromatic heterocycles. The quantitative estimate of drug-likeness (QED) is 0.187. The predicted octanol–water partition coefficient (Wildman–Crippen LogP) is 12.9. The van der Waals surface area contributed by atoms with Crippen molar-refractivity contribution in [3.63, 3.8) is 0 Å². The average molecular weight is 667 g/mol. The van der Waals surface area contributed by atoms with Crippen molar-refractivity contribution in [3.8, 4) is 67.0 Å². The Labute approximate surface area is 305 Å². The van der Waals surface area contributed by atoms with E-state index >= 15 is 0 Å². The number of hydrogen-bond acceptors (Lipinski definition) is 2.